The first-order valence-electron chi connectivity index (χ1n) is 5.41. The van der Waals surface area contributed by atoms with Crippen molar-refractivity contribution in [1.29, 1.82) is 0 Å². The third-order valence-electron chi connectivity index (χ3n) is 2.83. The summed E-state index contributed by atoms with van der Waals surface area (Å²) in [5, 5.41) is 9.34. The molecule has 96 valence electrons. The topological polar surface area (TPSA) is 29.5 Å². The molecule has 4 heteroatoms. The van der Waals surface area contributed by atoms with Crippen molar-refractivity contribution in [1.82, 2.24) is 0 Å². The van der Waals surface area contributed by atoms with Crippen LogP contribution in [-0.4, -0.2) is 18.8 Å². The van der Waals surface area contributed by atoms with E-state index in [1.165, 1.54) is 13.2 Å². The molecule has 2 nitrogen and oxygen atoms in total. The Morgan fingerprint density at radius 1 is 1.35 bits per heavy atom. The second-order valence-electron chi connectivity index (χ2n) is 4.78. The Kier molecular flexibility index (Phi) is 4.09. The number of methoxy groups -OCH3 is 1. The van der Waals surface area contributed by atoms with Crippen molar-refractivity contribution in [2.24, 2.45) is 0 Å². The number of aliphatic hydroxyl groups excluding tert-OH is 1. The average molecular weight is 244 g/mol. The van der Waals surface area contributed by atoms with Gasteiger partial charge in [0.05, 0.1) is 19.3 Å². The smallest absolute Gasteiger partial charge is 0.267 e. The molecular formula is C13H18F2O2. The Morgan fingerprint density at radius 2 is 1.94 bits per heavy atom. The maximum absolute atomic E-state index is 12.9. The molecule has 0 aliphatic heterocycles. The maximum atomic E-state index is 12.9. The molecule has 1 aromatic rings. The van der Waals surface area contributed by atoms with Crippen LogP contribution in [0.4, 0.5) is 8.78 Å². The second kappa shape index (κ2) is 5.00. The first kappa shape index (κ1) is 13.9. The number of ether oxygens (including phenoxy) is 1. The lowest BCUT2D eigenvalue weighted by Gasteiger charge is -2.26. The summed E-state index contributed by atoms with van der Waals surface area (Å²) in [7, 11) is 1.37. The van der Waals surface area contributed by atoms with Crippen LogP contribution in [-0.2, 0) is 5.41 Å². The molecule has 1 N–H and O–H groups in total. The fraction of sp³-hybridized carbons (Fsp3) is 0.538. The van der Waals surface area contributed by atoms with Gasteiger partial charge in [0.2, 0.25) is 0 Å². The summed E-state index contributed by atoms with van der Waals surface area (Å²) >= 11 is 0. The van der Waals surface area contributed by atoms with Crippen LogP contribution in [0.1, 0.15) is 37.0 Å². The van der Waals surface area contributed by atoms with Gasteiger partial charge < -0.3 is 9.84 Å². The van der Waals surface area contributed by atoms with E-state index >= 15 is 0 Å². The SMILES string of the molecule is COc1c(C(F)F)cc(C)cc1C(C)(C)CO. The summed E-state index contributed by atoms with van der Waals surface area (Å²) in [6.45, 7) is 5.21. The van der Waals surface area contributed by atoms with Gasteiger partial charge in [-0.05, 0) is 13.0 Å². The van der Waals surface area contributed by atoms with Crippen molar-refractivity contribution in [3.05, 3.63) is 28.8 Å². The van der Waals surface area contributed by atoms with Crippen molar-refractivity contribution in [3.8, 4) is 5.75 Å². The molecule has 0 heterocycles. The number of alkyl halides is 2. The lowest BCUT2D eigenvalue weighted by Crippen LogP contribution is -2.23. The van der Waals surface area contributed by atoms with Crippen LogP contribution >= 0.6 is 0 Å². The Hall–Kier alpha value is -1.16. The minimum Gasteiger partial charge on any atom is -0.496 e. The number of hydrogen-bond donors (Lipinski definition) is 1. The lowest BCUT2D eigenvalue weighted by molar-refractivity contribution is 0.145. The number of hydrogen-bond acceptors (Lipinski definition) is 2. The molecule has 17 heavy (non-hydrogen) atoms. The Labute approximate surface area is 100 Å². The predicted octanol–water partition coefficient (Wildman–Crippen LogP) is 3.21. The molecule has 0 spiro atoms. The Bertz CT molecular complexity index is 401. The van der Waals surface area contributed by atoms with Crippen molar-refractivity contribution < 1.29 is 18.6 Å². The summed E-state index contributed by atoms with van der Waals surface area (Å²) in [5.41, 5.74) is 0.612. The first-order valence-corrected chi connectivity index (χ1v) is 5.41. The van der Waals surface area contributed by atoms with Gasteiger partial charge in [0.25, 0.3) is 6.43 Å². The zero-order valence-electron chi connectivity index (χ0n) is 10.6. The summed E-state index contributed by atoms with van der Waals surface area (Å²) in [6.07, 6.45) is -2.59. The van der Waals surface area contributed by atoms with E-state index in [9.17, 15) is 13.9 Å². The van der Waals surface area contributed by atoms with E-state index in [1.54, 1.807) is 26.8 Å². The van der Waals surface area contributed by atoms with Crippen LogP contribution in [0.2, 0.25) is 0 Å². The van der Waals surface area contributed by atoms with Crippen molar-refractivity contribution in [2.75, 3.05) is 13.7 Å². The molecular weight excluding hydrogens is 226 g/mol. The second-order valence-corrected chi connectivity index (χ2v) is 4.78. The first-order chi connectivity index (χ1) is 7.83. The molecule has 0 aromatic heterocycles. The van der Waals surface area contributed by atoms with E-state index < -0.39 is 11.8 Å². The van der Waals surface area contributed by atoms with Gasteiger partial charge in [-0.15, -0.1) is 0 Å². The van der Waals surface area contributed by atoms with Crippen molar-refractivity contribution in [2.45, 2.75) is 32.6 Å². The molecule has 0 aliphatic rings. The van der Waals surface area contributed by atoms with Gasteiger partial charge in [0, 0.05) is 11.0 Å². The van der Waals surface area contributed by atoms with Gasteiger partial charge >= 0.3 is 0 Å². The summed E-state index contributed by atoms with van der Waals surface area (Å²) in [5.74, 6) is 0.171. The molecule has 0 saturated carbocycles. The molecule has 1 aromatic carbocycles. The molecule has 0 atom stereocenters. The maximum Gasteiger partial charge on any atom is 0.267 e. The number of aliphatic hydroxyl groups is 1. The molecule has 0 saturated heterocycles. The molecule has 0 aliphatic carbocycles. The molecule has 0 unspecified atom stereocenters. The highest BCUT2D eigenvalue weighted by Crippen LogP contribution is 2.39. The van der Waals surface area contributed by atoms with E-state index in [0.717, 1.165) is 5.56 Å². The van der Waals surface area contributed by atoms with Crippen LogP contribution in [0.15, 0.2) is 12.1 Å². The summed E-state index contributed by atoms with van der Waals surface area (Å²) in [6, 6.07) is 3.20. The molecule has 0 amide bonds. The monoisotopic (exact) mass is 244 g/mol. The minimum absolute atomic E-state index is 0.121. The summed E-state index contributed by atoms with van der Waals surface area (Å²) in [4.78, 5) is 0. The Balaban J connectivity index is 3.49. The van der Waals surface area contributed by atoms with Gasteiger partial charge in [0.15, 0.2) is 0 Å². The number of benzene rings is 1. The minimum atomic E-state index is -2.59. The van der Waals surface area contributed by atoms with E-state index in [0.29, 0.717) is 5.56 Å². The van der Waals surface area contributed by atoms with Crippen LogP contribution in [0.25, 0.3) is 0 Å². The van der Waals surface area contributed by atoms with Gasteiger partial charge in [0.1, 0.15) is 5.75 Å². The zero-order valence-corrected chi connectivity index (χ0v) is 10.6. The standard InChI is InChI=1S/C13H18F2O2/c1-8-5-9(12(14)15)11(17-4)10(6-8)13(2,3)7-16/h5-6,12,16H,7H2,1-4H3. The van der Waals surface area contributed by atoms with Gasteiger partial charge in [-0.25, -0.2) is 8.78 Å². The van der Waals surface area contributed by atoms with Crippen molar-refractivity contribution in [3.63, 3.8) is 0 Å². The van der Waals surface area contributed by atoms with Gasteiger partial charge in [-0.2, -0.15) is 0 Å². The van der Waals surface area contributed by atoms with Crippen molar-refractivity contribution >= 4 is 0 Å². The van der Waals surface area contributed by atoms with Gasteiger partial charge in [-0.1, -0.05) is 25.5 Å². The molecule has 0 bridgehead atoms. The largest absolute Gasteiger partial charge is 0.496 e. The molecule has 0 fully saturated rings. The number of halogens is 2. The Morgan fingerprint density at radius 3 is 2.35 bits per heavy atom. The molecule has 0 radical (unpaired) electrons. The fourth-order valence-electron chi connectivity index (χ4n) is 1.78. The number of rotatable bonds is 4. The van der Waals surface area contributed by atoms with E-state index in [4.69, 9.17) is 4.74 Å². The third-order valence-corrected chi connectivity index (χ3v) is 2.83. The highest BCUT2D eigenvalue weighted by molar-refractivity contribution is 5.48. The highest BCUT2D eigenvalue weighted by Gasteiger charge is 2.28. The van der Waals surface area contributed by atoms with Crippen LogP contribution in [0.3, 0.4) is 0 Å². The van der Waals surface area contributed by atoms with E-state index in [2.05, 4.69) is 0 Å². The summed E-state index contributed by atoms with van der Waals surface area (Å²) < 4.78 is 30.9. The van der Waals surface area contributed by atoms with Crippen LogP contribution in [0, 0.1) is 6.92 Å². The average Bonchev–Trinajstić information content (AvgIpc) is 2.27. The fourth-order valence-corrected chi connectivity index (χ4v) is 1.78. The van der Waals surface area contributed by atoms with Crippen LogP contribution in [0.5, 0.6) is 5.75 Å². The normalized spacial score (nSPS) is 12.0. The zero-order chi connectivity index (χ0) is 13.2. The highest BCUT2D eigenvalue weighted by atomic mass is 19.3. The number of aryl methyl sites for hydroxylation is 1. The lowest BCUT2D eigenvalue weighted by atomic mass is 9.83. The van der Waals surface area contributed by atoms with Gasteiger partial charge in [-0.3, -0.25) is 0 Å². The molecule has 1 rings (SSSR count). The third kappa shape index (κ3) is 2.75. The van der Waals surface area contributed by atoms with E-state index in [-0.39, 0.29) is 17.9 Å². The van der Waals surface area contributed by atoms with E-state index in [1.807, 2.05) is 0 Å². The van der Waals surface area contributed by atoms with Crippen LogP contribution < -0.4 is 4.74 Å². The quantitative estimate of drug-likeness (QED) is 0.881. The predicted molar refractivity (Wildman–Crippen MR) is 62.8 cm³/mol.